The van der Waals surface area contributed by atoms with Crippen LogP contribution >= 0.6 is 0 Å². The van der Waals surface area contributed by atoms with Gasteiger partial charge in [-0.1, -0.05) is 12.8 Å². The SMILES string of the molecule is O=CCCN1CCN(C2CCCC2)CC1. The standard InChI is InChI=1S/C12H22N2O/c15-11-3-6-13-7-9-14(10-8-13)12-4-1-2-5-12/h11-12H,1-10H2. The van der Waals surface area contributed by atoms with Gasteiger partial charge < -0.3 is 9.69 Å². The second kappa shape index (κ2) is 5.61. The van der Waals surface area contributed by atoms with Crippen molar-refractivity contribution in [3.8, 4) is 0 Å². The van der Waals surface area contributed by atoms with Crippen molar-refractivity contribution in [1.82, 2.24) is 9.80 Å². The maximum atomic E-state index is 10.3. The summed E-state index contributed by atoms with van der Waals surface area (Å²) in [6.07, 6.45) is 7.40. The van der Waals surface area contributed by atoms with Crippen LogP contribution in [0.4, 0.5) is 0 Å². The Kier molecular flexibility index (Phi) is 4.15. The Balaban J connectivity index is 1.69. The van der Waals surface area contributed by atoms with Crippen molar-refractivity contribution in [2.24, 2.45) is 0 Å². The number of carbonyl (C=O) groups excluding carboxylic acids is 1. The Labute approximate surface area is 92.4 Å². The third-order valence-corrected chi connectivity index (χ3v) is 3.81. The fourth-order valence-electron chi connectivity index (χ4n) is 2.86. The highest BCUT2D eigenvalue weighted by Gasteiger charge is 2.25. The summed E-state index contributed by atoms with van der Waals surface area (Å²) in [5, 5.41) is 0. The molecule has 3 heteroatoms. The molecule has 0 radical (unpaired) electrons. The molecule has 0 spiro atoms. The molecule has 0 amide bonds. The Morgan fingerprint density at radius 2 is 1.73 bits per heavy atom. The van der Waals surface area contributed by atoms with Gasteiger partial charge in [0, 0.05) is 45.2 Å². The van der Waals surface area contributed by atoms with Crippen molar-refractivity contribution >= 4 is 6.29 Å². The van der Waals surface area contributed by atoms with Crippen LogP contribution in [0.15, 0.2) is 0 Å². The smallest absolute Gasteiger partial charge is 0.121 e. The van der Waals surface area contributed by atoms with Crippen LogP contribution in [0.5, 0.6) is 0 Å². The number of rotatable bonds is 4. The molecular formula is C12H22N2O. The van der Waals surface area contributed by atoms with E-state index in [2.05, 4.69) is 9.80 Å². The lowest BCUT2D eigenvalue weighted by molar-refractivity contribution is -0.108. The molecule has 0 N–H and O–H groups in total. The first kappa shape index (κ1) is 11.1. The van der Waals surface area contributed by atoms with Crippen molar-refractivity contribution in [1.29, 1.82) is 0 Å². The van der Waals surface area contributed by atoms with Crippen molar-refractivity contribution in [2.75, 3.05) is 32.7 Å². The quantitative estimate of drug-likeness (QED) is 0.650. The number of carbonyl (C=O) groups is 1. The number of hydrogen-bond donors (Lipinski definition) is 0. The van der Waals surface area contributed by atoms with E-state index in [1.807, 2.05) is 0 Å². The molecule has 15 heavy (non-hydrogen) atoms. The van der Waals surface area contributed by atoms with E-state index < -0.39 is 0 Å². The molecule has 0 unspecified atom stereocenters. The van der Waals surface area contributed by atoms with Crippen LogP contribution in [-0.2, 0) is 4.79 Å². The summed E-state index contributed by atoms with van der Waals surface area (Å²) in [4.78, 5) is 15.4. The third-order valence-electron chi connectivity index (χ3n) is 3.81. The fourth-order valence-corrected chi connectivity index (χ4v) is 2.86. The molecule has 2 aliphatic rings. The van der Waals surface area contributed by atoms with E-state index in [-0.39, 0.29) is 0 Å². The monoisotopic (exact) mass is 210 g/mol. The van der Waals surface area contributed by atoms with Gasteiger partial charge in [0.1, 0.15) is 6.29 Å². The van der Waals surface area contributed by atoms with Gasteiger partial charge in [0.25, 0.3) is 0 Å². The Bertz CT molecular complexity index is 194. The summed E-state index contributed by atoms with van der Waals surface area (Å²) in [6, 6.07) is 0.873. The van der Waals surface area contributed by atoms with Crippen LogP contribution in [0.1, 0.15) is 32.1 Å². The van der Waals surface area contributed by atoms with E-state index in [9.17, 15) is 4.79 Å². The number of nitrogens with zero attached hydrogens (tertiary/aromatic N) is 2. The lowest BCUT2D eigenvalue weighted by atomic mass is 10.2. The Hall–Kier alpha value is -0.410. The third kappa shape index (κ3) is 3.02. The zero-order valence-corrected chi connectivity index (χ0v) is 9.53. The van der Waals surface area contributed by atoms with Gasteiger partial charge in [-0.15, -0.1) is 0 Å². The first-order valence-electron chi connectivity index (χ1n) is 6.30. The number of hydrogen-bond acceptors (Lipinski definition) is 3. The summed E-state index contributed by atoms with van der Waals surface area (Å²) < 4.78 is 0. The molecule has 0 aromatic carbocycles. The van der Waals surface area contributed by atoms with Gasteiger partial charge in [-0.3, -0.25) is 4.90 Å². The zero-order valence-electron chi connectivity index (χ0n) is 9.53. The summed E-state index contributed by atoms with van der Waals surface area (Å²) in [5.74, 6) is 0. The first-order valence-corrected chi connectivity index (χ1v) is 6.30. The van der Waals surface area contributed by atoms with Crippen LogP contribution < -0.4 is 0 Å². The Morgan fingerprint density at radius 1 is 1.07 bits per heavy atom. The molecule has 0 bridgehead atoms. The zero-order chi connectivity index (χ0) is 10.5. The fraction of sp³-hybridized carbons (Fsp3) is 0.917. The van der Waals surface area contributed by atoms with E-state index in [1.165, 1.54) is 38.8 Å². The molecule has 1 saturated carbocycles. The predicted octanol–water partition coefficient (Wildman–Crippen LogP) is 1.14. The molecule has 0 aromatic heterocycles. The van der Waals surface area contributed by atoms with Crippen LogP contribution in [-0.4, -0.2) is 54.9 Å². The van der Waals surface area contributed by atoms with Gasteiger partial charge in [-0.25, -0.2) is 0 Å². The summed E-state index contributed by atoms with van der Waals surface area (Å²) >= 11 is 0. The van der Waals surface area contributed by atoms with Crippen molar-refractivity contribution in [3.63, 3.8) is 0 Å². The van der Waals surface area contributed by atoms with Gasteiger partial charge in [-0.05, 0) is 12.8 Å². The minimum absolute atomic E-state index is 0.698. The molecule has 1 aliphatic carbocycles. The minimum atomic E-state index is 0.698. The van der Waals surface area contributed by atoms with E-state index >= 15 is 0 Å². The van der Waals surface area contributed by atoms with Crippen molar-refractivity contribution < 1.29 is 4.79 Å². The molecule has 1 saturated heterocycles. The molecule has 3 nitrogen and oxygen atoms in total. The summed E-state index contributed by atoms with van der Waals surface area (Å²) in [6.45, 7) is 5.70. The minimum Gasteiger partial charge on any atom is -0.303 e. The number of aldehydes is 1. The highest BCUT2D eigenvalue weighted by atomic mass is 16.1. The van der Waals surface area contributed by atoms with Crippen LogP contribution in [0.2, 0.25) is 0 Å². The molecule has 1 heterocycles. The molecule has 2 rings (SSSR count). The molecule has 86 valence electrons. The van der Waals surface area contributed by atoms with Gasteiger partial charge >= 0.3 is 0 Å². The number of piperazine rings is 1. The van der Waals surface area contributed by atoms with Crippen LogP contribution in [0.25, 0.3) is 0 Å². The second-order valence-corrected chi connectivity index (χ2v) is 4.77. The topological polar surface area (TPSA) is 23.6 Å². The molecule has 2 fully saturated rings. The lowest BCUT2D eigenvalue weighted by Crippen LogP contribution is -2.49. The molecule has 0 atom stereocenters. The van der Waals surface area contributed by atoms with Crippen LogP contribution in [0.3, 0.4) is 0 Å². The van der Waals surface area contributed by atoms with Gasteiger partial charge in [-0.2, -0.15) is 0 Å². The van der Waals surface area contributed by atoms with Crippen LogP contribution in [0, 0.1) is 0 Å². The lowest BCUT2D eigenvalue weighted by Gasteiger charge is -2.37. The van der Waals surface area contributed by atoms with Gasteiger partial charge in [0.05, 0.1) is 0 Å². The van der Waals surface area contributed by atoms with E-state index in [0.29, 0.717) is 6.42 Å². The summed E-state index contributed by atoms with van der Waals surface area (Å²) in [7, 11) is 0. The maximum Gasteiger partial charge on any atom is 0.121 e. The highest BCUT2D eigenvalue weighted by molar-refractivity contribution is 5.49. The normalized spacial score (nSPS) is 25.9. The van der Waals surface area contributed by atoms with Gasteiger partial charge in [0.15, 0.2) is 0 Å². The molecule has 1 aliphatic heterocycles. The predicted molar refractivity (Wildman–Crippen MR) is 61.0 cm³/mol. The van der Waals surface area contributed by atoms with Crippen molar-refractivity contribution in [3.05, 3.63) is 0 Å². The average molecular weight is 210 g/mol. The second-order valence-electron chi connectivity index (χ2n) is 4.77. The molecular weight excluding hydrogens is 188 g/mol. The largest absolute Gasteiger partial charge is 0.303 e. The highest BCUT2D eigenvalue weighted by Crippen LogP contribution is 2.24. The van der Waals surface area contributed by atoms with E-state index in [1.54, 1.807) is 0 Å². The van der Waals surface area contributed by atoms with E-state index in [4.69, 9.17) is 0 Å². The molecule has 0 aromatic rings. The van der Waals surface area contributed by atoms with E-state index in [0.717, 1.165) is 32.0 Å². The van der Waals surface area contributed by atoms with Gasteiger partial charge in [0.2, 0.25) is 0 Å². The van der Waals surface area contributed by atoms with Crippen molar-refractivity contribution in [2.45, 2.75) is 38.1 Å². The average Bonchev–Trinajstić information content (AvgIpc) is 2.80. The first-order chi connectivity index (χ1) is 7.40. The summed E-state index contributed by atoms with van der Waals surface area (Å²) in [5.41, 5.74) is 0. The maximum absolute atomic E-state index is 10.3. The Morgan fingerprint density at radius 3 is 2.33 bits per heavy atom.